The van der Waals surface area contributed by atoms with Gasteiger partial charge in [-0.15, -0.1) is 4.91 Å². The molecule has 0 aromatic heterocycles. The van der Waals surface area contributed by atoms with E-state index in [4.69, 9.17) is 0 Å². The molecule has 0 saturated carbocycles. The first kappa shape index (κ1) is 21.3. The second-order valence-corrected chi connectivity index (χ2v) is 5.80. The Morgan fingerprint density at radius 1 is 0.864 bits per heavy atom. The van der Waals surface area contributed by atoms with Gasteiger partial charge in [0.25, 0.3) is 0 Å². The summed E-state index contributed by atoms with van der Waals surface area (Å²) in [6.07, 6.45) is 11.8. The third-order valence-electron chi connectivity index (χ3n) is 3.64. The topological polar surface area (TPSA) is 68.8 Å². The molecule has 1 rings (SSSR count). The molecule has 0 amide bonds. The van der Waals surface area contributed by atoms with Gasteiger partial charge in [0, 0.05) is 19.9 Å². The highest BCUT2D eigenvalue weighted by Crippen LogP contribution is 2.03. The monoisotopic (exact) mass is 315 g/mol. The van der Waals surface area contributed by atoms with Crippen molar-refractivity contribution in [2.24, 2.45) is 5.29 Å². The number of unbranched alkanes of at least 4 members (excludes halogenated alkanes) is 5. The van der Waals surface area contributed by atoms with Gasteiger partial charge in [-0.1, -0.05) is 58.8 Å². The van der Waals surface area contributed by atoms with Gasteiger partial charge in [-0.25, -0.2) is 5.01 Å². The molecule has 3 N–H and O–H groups in total. The Hall–Kier alpha value is -0.720. The Morgan fingerprint density at radius 2 is 1.55 bits per heavy atom. The summed E-state index contributed by atoms with van der Waals surface area (Å²) in [7, 11) is 0. The van der Waals surface area contributed by atoms with Crippen molar-refractivity contribution in [2.45, 2.75) is 71.6 Å². The largest absolute Gasteiger partial charge is 0.304 e. The normalized spacial score (nSPS) is 17.6. The van der Waals surface area contributed by atoms with Crippen LogP contribution in [-0.4, -0.2) is 38.1 Å². The number of hydrogen-bond acceptors (Lipinski definition) is 5. The van der Waals surface area contributed by atoms with E-state index in [9.17, 15) is 4.91 Å². The van der Waals surface area contributed by atoms with Crippen molar-refractivity contribution in [3.63, 3.8) is 0 Å². The van der Waals surface area contributed by atoms with Crippen LogP contribution in [0.2, 0.25) is 0 Å². The molecule has 0 bridgehead atoms. The zero-order valence-electron chi connectivity index (χ0n) is 14.7. The number of nitroso groups, excluding NO2 is 1. The van der Waals surface area contributed by atoms with Gasteiger partial charge < -0.3 is 5.32 Å². The summed E-state index contributed by atoms with van der Waals surface area (Å²) in [5.41, 5.74) is 0. The van der Waals surface area contributed by atoms with Gasteiger partial charge in [0.1, 0.15) is 0 Å². The minimum absolute atomic E-state index is 0.524. The molecule has 0 atom stereocenters. The van der Waals surface area contributed by atoms with Crippen LogP contribution in [0.15, 0.2) is 5.29 Å². The summed E-state index contributed by atoms with van der Waals surface area (Å²) >= 11 is 0. The lowest BCUT2D eigenvalue weighted by Gasteiger charge is -2.17. The van der Waals surface area contributed by atoms with Crippen molar-refractivity contribution in [3.8, 4) is 0 Å². The van der Waals surface area contributed by atoms with E-state index in [1.54, 1.807) is 0 Å². The van der Waals surface area contributed by atoms with Gasteiger partial charge in [0.2, 0.25) is 0 Å². The summed E-state index contributed by atoms with van der Waals surface area (Å²) in [4.78, 5) is 10.4. The first-order valence-corrected chi connectivity index (χ1v) is 9.05. The van der Waals surface area contributed by atoms with E-state index in [1.807, 2.05) is 0 Å². The maximum atomic E-state index is 10.4. The first-order chi connectivity index (χ1) is 10.8. The summed E-state index contributed by atoms with van der Waals surface area (Å²) < 4.78 is 0. The Bertz CT molecular complexity index is 211. The SMILES string of the molecule is CCCCCCCC.O=NN1CCCCCNCNCNC1. The highest BCUT2D eigenvalue weighted by molar-refractivity contribution is 4.55. The van der Waals surface area contributed by atoms with Crippen molar-refractivity contribution in [3.05, 3.63) is 4.91 Å². The molecule has 1 aliphatic rings. The number of rotatable bonds is 6. The Labute approximate surface area is 136 Å². The predicted molar refractivity (Wildman–Crippen MR) is 94.3 cm³/mol. The van der Waals surface area contributed by atoms with Gasteiger partial charge in [-0.3, -0.25) is 10.6 Å². The molecule has 1 heterocycles. The van der Waals surface area contributed by atoms with Crippen LogP contribution < -0.4 is 16.0 Å². The third-order valence-corrected chi connectivity index (χ3v) is 3.64. The predicted octanol–water partition coefficient (Wildman–Crippen LogP) is 3.16. The lowest BCUT2D eigenvalue weighted by molar-refractivity contribution is 0.249. The molecule has 132 valence electrons. The van der Waals surface area contributed by atoms with E-state index in [2.05, 4.69) is 35.1 Å². The molecule has 1 fully saturated rings. The average Bonchev–Trinajstić information content (AvgIpc) is 2.53. The summed E-state index contributed by atoms with van der Waals surface area (Å²) in [6.45, 7) is 8.31. The van der Waals surface area contributed by atoms with Crippen LogP contribution in [-0.2, 0) is 0 Å². The van der Waals surface area contributed by atoms with Crippen molar-refractivity contribution in [1.29, 1.82) is 0 Å². The van der Waals surface area contributed by atoms with E-state index >= 15 is 0 Å². The molecule has 1 aliphatic heterocycles. The van der Waals surface area contributed by atoms with Crippen LogP contribution >= 0.6 is 0 Å². The molecule has 0 unspecified atom stereocenters. The first-order valence-electron chi connectivity index (χ1n) is 9.05. The van der Waals surface area contributed by atoms with Crippen LogP contribution in [0.5, 0.6) is 0 Å². The van der Waals surface area contributed by atoms with Crippen LogP contribution in [0.1, 0.15) is 71.6 Å². The summed E-state index contributed by atoms with van der Waals surface area (Å²) in [5, 5.41) is 14.0. The molecular formula is C16H37N5O. The fourth-order valence-corrected chi connectivity index (χ4v) is 2.24. The Balaban J connectivity index is 0.000000472. The minimum atomic E-state index is 0.524. The summed E-state index contributed by atoms with van der Waals surface area (Å²) in [5.74, 6) is 0. The minimum Gasteiger partial charge on any atom is -0.304 e. The second kappa shape index (κ2) is 18.3. The van der Waals surface area contributed by atoms with Crippen LogP contribution in [0.25, 0.3) is 0 Å². The molecule has 22 heavy (non-hydrogen) atoms. The Morgan fingerprint density at radius 3 is 2.18 bits per heavy atom. The lowest BCUT2D eigenvalue weighted by Crippen LogP contribution is -2.41. The van der Waals surface area contributed by atoms with E-state index in [-0.39, 0.29) is 0 Å². The quantitative estimate of drug-likeness (QED) is 0.519. The van der Waals surface area contributed by atoms with E-state index in [0.29, 0.717) is 13.3 Å². The fourth-order valence-electron chi connectivity index (χ4n) is 2.24. The van der Waals surface area contributed by atoms with Crippen molar-refractivity contribution >= 4 is 0 Å². The number of nitrogens with one attached hydrogen (secondary N) is 3. The third kappa shape index (κ3) is 15.7. The molecule has 0 radical (unpaired) electrons. The zero-order chi connectivity index (χ0) is 16.3. The van der Waals surface area contributed by atoms with Gasteiger partial charge in [0.05, 0.1) is 12.0 Å². The second-order valence-electron chi connectivity index (χ2n) is 5.80. The summed E-state index contributed by atoms with van der Waals surface area (Å²) in [6, 6.07) is 0. The molecule has 0 aromatic rings. The van der Waals surface area contributed by atoms with Gasteiger partial charge in [-0.05, 0) is 19.4 Å². The van der Waals surface area contributed by atoms with Gasteiger partial charge in [-0.2, -0.15) is 0 Å². The number of hydrogen-bond donors (Lipinski definition) is 3. The molecule has 6 heteroatoms. The smallest absolute Gasteiger partial charge is 0.0896 e. The van der Waals surface area contributed by atoms with E-state index in [0.717, 1.165) is 39.0 Å². The molecule has 6 nitrogen and oxygen atoms in total. The standard InChI is InChI=1S/C8H19N5O.C8H18/c14-12-13-5-3-1-2-4-9-6-10-7-11-8-13;1-3-5-7-8-6-4-2/h9-11H,1-8H2;3-8H2,1-2H3. The molecule has 0 spiro atoms. The average molecular weight is 316 g/mol. The number of nitrogens with zero attached hydrogens (tertiary/aromatic N) is 2. The van der Waals surface area contributed by atoms with Gasteiger partial charge in [0.15, 0.2) is 0 Å². The molecular weight excluding hydrogens is 278 g/mol. The maximum Gasteiger partial charge on any atom is 0.0896 e. The van der Waals surface area contributed by atoms with Crippen molar-refractivity contribution in [1.82, 2.24) is 21.0 Å². The van der Waals surface area contributed by atoms with E-state index in [1.165, 1.54) is 43.5 Å². The molecule has 1 saturated heterocycles. The highest BCUT2D eigenvalue weighted by atomic mass is 16.3. The zero-order valence-corrected chi connectivity index (χ0v) is 14.7. The highest BCUT2D eigenvalue weighted by Gasteiger charge is 2.02. The van der Waals surface area contributed by atoms with E-state index < -0.39 is 0 Å². The van der Waals surface area contributed by atoms with Crippen LogP contribution in [0.3, 0.4) is 0 Å². The molecule has 0 aliphatic carbocycles. The van der Waals surface area contributed by atoms with Crippen molar-refractivity contribution in [2.75, 3.05) is 33.1 Å². The lowest BCUT2D eigenvalue weighted by atomic mass is 10.1. The van der Waals surface area contributed by atoms with Crippen molar-refractivity contribution < 1.29 is 0 Å². The van der Waals surface area contributed by atoms with Crippen LogP contribution in [0.4, 0.5) is 0 Å². The maximum absolute atomic E-state index is 10.4. The van der Waals surface area contributed by atoms with Gasteiger partial charge >= 0.3 is 0 Å². The van der Waals surface area contributed by atoms with Crippen LogP contribution in [0, 0.1) is 4.91 Å². The Kier molecular flexibility index (Phi) is 17.7. The fraction of sp³-hybridized carbons (Fsp3) is 1.00. The molecule has 0 aromatic carbocycles.